The highest BCUT2D eigenvalue weighted by atomic mass is 35.5. The molecule has 1 aromatic rings. The molecule has 1 unspecified atom stereocenters. The first-order valence-corrected chi connectivity index (χ1v) is 5.95. The molecular weight excluding hydrogens is 243 g/mol. The maximum Gasteiger partial charge on any atom is 0.166 e. The molecule has 17 heavy (non-hydrogen) atoms. The molecule has 2 N–H and O–H groups in total. The van der Waals surface area contributed by atoms with Crippen molar-refractivity contribution in [2.45, 2.75) is 32.8 Å². The first kappa shape index (κ1) is 14.2. The minimum Gasteiger partial charge on any atom is -0.388 e. The maximum atomic E-state index is 13.4. The molecular formula is C12H18ClFN2O. The van der Waals surface area contributed by atoms with Crippen LogP contribution in [0.5, 0.6) is 0 Å². The van der Waals surface area contributed by atoms with Crippen molar-refractivity contribution in [2.75, 3.05) is 11.9 Å². The third kappa shape index (κ3) is 4.88. The molecule has 0 amide bonds. The predicted molar refractivity (Wildman–Crippen MR) is 67.8 cm³/mol. The molecule has 1 aromatic heterocycles. The Morgan fingerprint density at radius 3 is 2.76 bits per heavy atom. The zero-order valence-corrected chi connectivity index (χ0v) is 11.1. The molecule has 0 bridgehead atoms. The Morgan fingerprint density at radius 2 is 2.24 bits per heavy atom. The number of hydrogen-bond donors (Lipinski definition) is 2. The number of pyridine rings is 1. The van der Waals surface area contributed by atoms with E-state index < -0.39 is 11.4 Å². The summed E-state index contributed by atoms with van der Waals surface area (Å²) in [6.07, 6.45) is 2.00. The summed E-state index contributed by atoms with van der Waals surface area (Å²) in [7, 11) is 0. The molecule has 0 radical (unpaired) electrons. The van der Waals surface area contributed by atoms with Crippen LogP contribution in [0.1, 0.15) is 27.2 Å². The van der Waals surface area contributed by atoms with Crippen LogP contribution >= 0.6 is 11.6 Å². The Kier molecular flexibility index (Phi) is 4.71. The van der Waals surface area contributed by atoms with E-state index >= 15 is 0 Å². The highest BCUT2D eigenvalue weighted by Crippen LogP contribution is 2.19. The third-order valence-electron chi connectivity index (χ3n) is 2.29. The van der Waals surface area contributed by atoms with E-state index in [0.29, 0.717) is 12.3 Å². The number of anilines is 1. The number of halogens is 2. The summed E-state index contributed by atoms with van der Waals surface area (Å²) >= 11 is 5.60. The number of nitrogens with zero attached hydrogens (tertiary/aromatic N) is 1. The Balaban J connectivity index is 2.61. The second kappa shape index (κ2) is 5.65. The maximum absolute atomic E-state index is 13.4. The van der Waals surface area contributed by atoms with Gasteiger partial charge in [-0.3, -0.25) is 0 Å². The van der Waals surface area contributed by atoms with Gasteiger partial charge in [-0.1, -0.05) is 25.4 Å². The fourth-order valence-corrected chi connectivity index (χ4v) is 1.92. The van der Waals surface area contributed by atoms with Crippen LogP contribution in [0.4, 0.5) is 10.2 Å². The topological polar surface area (TPSA) is 45.1 Å². The lowest BCUT2D eigenvalue weighted by Crippen LogP contribution is -2.35. The van der Waals surface area contributed by atoms with Crippen LogP contribution in [0.15, 0.2) is 12.3 Å². The molecule has 1 heterocycles. The second-order valence-electron chi connectivity index (χ2n) is 4.93. The lowest BCUT2D eigenvalue weighted by molar-refractivity contribution is 0.0514. The minimum absolute atomic E-state index is 0.110. The van der Waals surface area contributed by atoms with Gasteiger partial charge in [0.15, 0.2) is 11.6 Å². The number of hydrogen-bond acceptors (Lipinski definition) is 3. The molecule has 1 atom stereocenters. The molecule has 0 saturated heterocycles. The summed E-state index contributed by atoms with van der Waals surface area (Å²) in [5.41, 5.74) is -0.887. The van der Waals surface area contributed by atoms with Gasteiger partial charge in [-0.15, -0.1) is 0 Å². The van der Waals surface area contributed by atoms with Crippen LogP contribution in [0, 0.1) is 11.7 Å². The smallest absolute Gasteiger partial charge is 0.166 e. The van der Waals surface area contributed by atoms with Gasteiger partial charge in [-0.25, -0.2) is 9.37 Å². The molecule has 0 aliphatic heterocycles. The van der Waals surface area contributed by atoms with E-state index in [1.54, 1.807) is 6.92 Å². The van der Waals surface area contributed by atoms with Crippen molar-refractivity contribution in [3.8, 4) is 0 Å². The molecule has 5 heteroatoms. The second-order valence-corrected chi connectivity index (χ2v) is 5.37. The quantitative estimate of drug-likeness (QED) is 0.855. The van der Waals surface area contributed by atoms with E-state index in [-0.39, 0.29) is 17.4 Å². The molecule has 3 nitrogen and oxygen atoms in total. The van der Waals surface area contributed by atoms with Crippen LogP contribution in [0.25, 0.3) is 0 Å². The number of aliphatic hydroxyl groups is 1. The Morgan fingerprint density at radius 1 is 1.59 bits per heavy atom. The van der Waals surface area contributed by atoms with Gasteiger partial charge >= 0.3 is 0 Å². The summed E-state index contributed by atoms with van der Waals surface area (Å²) in [5, 5.41) is 13.1. The van der Waals surface area contributed by atoms with Crippen molar-refractivity contribution in [3.63, 3.8) is 0 Å². The van der Waals surface area contributed by atoms with Crippen molar-refractivity contribution < 1.29 is 9.50 Å². The fraction of sp³-hybridized carbons (Fsp3) is 0.583. The Bertz CT molecular complexity index is 383. The summed E-state index contributed by atoms with van der Waals surface area (Å²) in [6, 6.07) is 1.19. The van der Waals surface area contributed by atoms with Crippen molar-refractivity contribution in [3.05, 3.63) is 23.1 Å². The third-order valence-corrected chi connectivity index (χ3v) is 2.50. The van der Waals surface area contributed by atoms with Gasteiger partial charge in [0.1, 0.15) is 0 Å². The summed E-state index contributed by atoms with van der Waals surface area (Å²) in [4.78, 5) is 3.83. The molecule has 0 aliphatic carbocycles. The highest BCUT2D eigenvalue weighted by molar-refractivity contribution is 6.30. The van der Waals surface area contributed by atoms with Crippen molar-refractivity contribution in [1.82, 2.24) is 4.98 Å². The lowest BCUT2D eigenvalue weighted by atomic mass is 9.94. The number of aromatic nitrogens is 1. The van der Waals surface area contributed by atoms with Crippen LogP contribution in [0.3, 0.4) is 0 Å². The van der Waals surface area contributed by atoms with Crippen LogP contribution in [0.2, 0.25) is 5.02 Å². The Labute approximate surface area is 106 Å². The van der Waals surface area contributed by atoms with E-state index in [4.69, 9.17) is 11.6 Å². The first-order chi connectivity index (χ1) is 7.80. The largest absolute Gasteiger partial charge is 0.388 e. The van der Waals surface area contributed by atoms with Gasteiger partial charge in [-0.05, 0) is 25.3 Å². The van der Waals surface area contributed by atoms with Crippen LogP contribution in [-0.2, 0) is 0 Å². The van der Waals surface area contributed by atoms with Crippen LogP contribution < -0.4 is 5.32 Å². The SMILES string of the molecule is CC(C)CC(C)(O)CNc1ncc(Cl)cc1F. The minimum atomic E-state index is -0.887. The van der Waals surface area contributed by atoms with Crippen molar-refractivity contribution in [1.29, 1.82) is 0 Å². The van der Waals surface area contributed by atoms with E-state index in [9.17, 15) is 9.50 Å². The molecule has 1 rings (SSSR count). The standard InChI is InChI=1S/C12H18ClFN2O/c1-8(2)5-12(3,17)7-16-11-10(14)4-9(13)6-15-11/h4,6,8,17H,5,7H2,1-3H3,(H,15,16). The average molecular weight is 261 g/mol. The zero-order valence-electron chi connectivity index (χ0n) is 10.3. The average Bonchev–Trinajstić information content (AvgIpc) is 2.14. The van der Waals surface area contributed by atoms with Gasteiger partial charge in [0.05, 0.1) is 10.6 Å². The van der Waals surface area contributed by atoms with Crippen molar-refractivity contribution >= 4 is 17.4 Å². The Hall–Kier alpha value is -0.870. The van der Waals surface area contributed by atoms with Gasteiger partial charge in [-0.2, -0.15) is 0 Å². The molecule has 0 saturated carbocycles. The molecule has 0 fully saturated rings. The predicted octanol–water partition coefficient (Wildman–Crippen LogP) is 3.08. The van der Waals surface area contributed by atoms with E-state index in [1.165, 1.54) is 12.3 Å². The molecule has 96 valence electrons. The normalized spacial score (nSPS) is 14.8. The summed E-state index contributed by atoms with van der Waals surface area (Å²) in [5.74, 6) is -0.0360. The van der Waals surface area contributed by atoms with Crippen LogP contribution in [-0.4, -0.2) is 22.2 Å². The van der Waals surface area contributed by atoms with E-state index in [1.807, 2.05) is 13.8 Å². The zero-order chi connectivity index (χ0) is 13.1. The van der Waals surface area contributed by atoms with Crippen molar-refractivity contribution in [2.24, 2.45) is 5.92 Å². The van der Waals surface area contributed by atoms with Gasteiger partial charge in [0.2, 0.25) is 0 Å². The van der Waals surface area contributed by atoms with Gasteiger partial charge < -0.3 is 10.4 Å². The number of rotatable bonds is 5. The summed E-state index contributed by atoms with van der Waals surface area (Å²) in [6.45, 7) is 6.01. The molecule has 0 spiro atoms. The first-order valence-electron chi connectivity index (χ1n) is 5.57. The van der Waals surface area contributed by atoms with E-state index in [0.717, 1.165) is 0 Å². The lowest BCUT2D eigenvalue weighted by Gasteiger charge is -2.25. The van der Waals surface area contributed by atoms with Gasteiger partial charge in [0.25, 0.3) is 0 Å². The highest BCUT2D eigenvalue weighted by Gasteiger charge is 2.22. The number of nitrogens with one attached hydrogen (secondary N) is 1. The van der Waals surface area contributed by atoms with Gasteiger partial charge in [0, 0.05) is 12.7 Å². The molecule has 0 aliphatic rings. The summed E-state index contributed by atoms with van der Waals surface area (Å²) < 4.78 is 13.4. The van der Waals surface area contributed by atoms with E-state index in [2.05, 4.69) is 10.3 Å². The molecule has 0 aromatic carbocycles. The monoisotopic (exact) mass is 260 g/mol. The fourth-order valence-electron chi connectivity index (χ4n) is 1.77.